The average molecular weight is 672 g/mol. The van der Waals surface area contributed by atoms with Crippen LogP contribution in [-0.4, -0.2) is 0 Å². The van der Waals surface area contributed by atoms with Gasteiger partial charge in [0.25, 0.3) is 0 Å². The highest BCUT2D eigenvalue weighted by Gasteiger charge is 2.60. The van der Waals surface area contributed by atoms with Crippen molar-refractivity contribution < 1.29 is 0 Å². The minimum Gasteiger partial charge on any atom is -0.310 e. The molecule has 5 aliphatic carbocycles. The van der Waals surface area contributed by atoms with E-state index >= 15 is 0 Å². The molecule has 252 valence electrons. The quantitative estimate of drug-likeness (QED) is 0.187. The van der Waals surface area contributed by atoms with Crippen molar-refractivity contribution in [3.05, 3.63) is 138 Å². The summed E-state index contributed by atoms with van der Waals surface area (Å²) in [6.07, 6.45) is 9.58. The van der Waals surface area contributed by atoms with Gasteiger partial charge in [0, 0.05) is 32.3 Å². The minimum atomic E-state index is 0.160. The van der Waals surface area contributed by atoms with Crippen LogP contribution in [0.25, 0.3) is 11.1 Å². The van der Waals surface area contributed by atoms with Crippen molar-refractivity contribution in [3.63, 3.8) is 0 Å². The van der Waals surface area contributed by atoms with Crippen LogP contribution in [0.5, 0.6) is 0 Å². The van der Waals surface area contributed by atoms with Crippen molar-refractivity contribution in [3.8, 4) is 11.1 Å². The van der Waals surface area contributed by atoms with Crippen LogP contribution in [0.4, 0.5) is 17.1 Å². The molecule has 1 nitrogen and oxygen atoms in total. The lowest BCUT2D eigenvalue weighted by molar-refractivity contribution is -0.0443. The third-order valence-corrected chi connectivity index (χ3v) is 15.1. The first-order valence-corrected chi connectivity index (χ1v) is 20.0. The van der Waals surface area contributed by atoms with E-state index in [-0.39, 0.29) is 16.2 Å². The molecule has 0 unspecified atom stereocenters. The first kappa shape index (κ1) is 31.0. The van der Waals surface area contributed by atoms with E-state index in [9.17, 15) is 0 Å². The Labute approximate surface area is 303 Å². The smallest absolute Gasteiger partial charge is 0.0464 e. The number of hydrogen-bond donors (Lipinski definition) is 0. The van der Waals surface area contributed by atoms with Crippen LogP contribution >= 0.6 is 11.8 Å². The number of fused-ring (bicyclic) bond motifs is 3. The molecule has 0 N–H and O–H groups in total. The van der Waals surface area contributed by atoms with E-state index in [0.29, 0.717) is 0 Å². The summed E-state index contributed by atoms with van der Waals surface area (Å²) in [5.41, 5.74) is 13.1. The molecule has 5 aromatic carbocycles. The van der Waals surface area contributed by atoms with Crippen molar-refractivity contribution >= 4 is 28.8 Å². The maximum absolute atomic E-state index is 2.62. The summed E-state index contributed by atoms with van der Waals surface area (Å²) in [6, 6.07) is 44.5. The zero-order valence-corrected chi connectivity index (χ0v) is 30.9. The molecule has 0 atom stereocenters. The van der Waals surface area contributed by atoms with Crippen LogP contribution in [0.1, 0.15) is 94.9 Å². The molecule has 4 bridgehead atoms. The van der Waals surface area contributed by atoms with Crippen LogP contribution in [0.15, 0.2) is 125 Å². The Bertz CT molecular complexity index is 2080. The normalized spacial score (nSPS) is 27.8. The summed E-state index contributed by atoms with van der Waals surface area (Å²) in [5.74, 6) is 3.43. The maximum Gasteiger partial charge on any atom is 0.0464 e. The largest absolute Gasteiger partial charge is 0.310 e. The van der Waals surface area contributed by atoms with Gasteiger partial charge in [0.15, 0.2) is 0 Å². The van der Waals surface area contributed by atoms with Gasteiger partial charge in [-0.25, -0.2) is 0 Å². The van der Waals surface area contributed by atoms with E-state index in [4.69, 9.17) is 0 Å². The number of nitrogens with zero attached hydrogens (tertiary/aromatic N) is 1. The molecule has 1 spiro atoms. The van der Waals surface area contributed by atoms with E-state index in [1.54, 1.807) is 11.1 Å². The predicted molar refractivity (Wildman–Crippen MR) is 210 cm³/mol. The molecule has 50 heavy (non-hydrogen) atoms. The first-order valence-electron chi connectivity index (χ1n) is 19.2. The fourth-order valence-corrected chi connectivity index (χ4v) is 12.8. The molecule has 11 rings (SSSR count). The predicted octanol–water partition coefficient (Wildman–Crippen LogP) is 13.4. The fourth-order valence-electron chi connectivity index (χ4n) is 11.6. The molecule has 0 aromatic heterocycles. The Morgan fingerprint density at radius 3 is 1.78 bits per heavy atom. The Kier molecular flexibility index (Phi) is 6.90. The van der Waals surface area contributed by atoms with E-state index < -0.39 is 0 Å². The molecule has 2 heteroatoms. The number of anilines is 3. The van der Waals surface area contributed by atoms with Gasteiger partial charge in [0.05, 0.1) is 0 Å². The van der Waals surface area contributed by atoms with Gasteiger partial charge in [0.1, 0.15) is 0 Å². The van der Waals surface area contributed by atoms with Gasteiger partial charge in [-0.05, 0) is 167 Å². The molecule has 6 aliphatic rings. The van der Waals surface area contributed by atoms with Crippen LogP contribution in [-0.2, 0) is 16.2 Å². The lowest BCUT2D eigenvalue weighted by atomic mass is 9.42. The van der Waals surface area contributed by atoms with Crippen molar-refractivity contribution in [2.75, 3.05) is 4.90 Å². The lowest BCUT2D eigenvalue weighted by Gasteiger charge is -2.63. The van der Waals surface area contributed by atoms with Crippen molar-refractivity contribution in [2.45, 2.75) is 98.7 Å². The highest BCUT2D eigenvalue weighted by Crippen LogP contribution is 2.69. The molecule has 0 radical (unpaired) electrons. The van der Waals surface area contributed by atoms with Gasteiger partial charge in [0.2, 0.25) is 0 Å². The van der Waals surface area contributed by atoms with Gasteiger partial charge in [-0.1, -0.05) is 100 Å². The molecule has 1 heterocycles. The Morgan fingerprint density at radius 2 is 1.06 bits per heavy atom. The van der Waals surface area contributed by atoms with E-state index in [2.05, 4.69) is 148 Å². The highest BCUT2D eigenvalue weighted by atomic mass is 32.2. The molecule has 1 aliphatic heterocycles. The third kappa shape index (κ3) is 4.59. The van der Waals surface area contributed by atoms with Crippen LogP contribution in [0, 0.1) is 23.7 Å². The summed E-state index contributed by atoms with van der Waals surface area (Å²) >= 11 is 2.01. The SMILES string of the molecule is CC1(C)CCC(C)(C)c2cc(N(c3ccccc3)c3ccc(-c4ccc5c(c4)C4(c6ccccc6S5)C5CC6CC(C5)CC4C6)cc3)ccc21. The van der Waals surface area contributed by atoms with Crippen molar-refractivity contribution in [1.82, 2.24) is 0 Å². The van der Waals surface area contributed by atoms with Gasteiger partial charge in [-0.3, -0.25) is 0 Å². The average Bonchev–Trinajstić information content (AvgIpc) is 3.12. The molecule has 5 aromatic rings. The third-order valence-electron chi connectivity index (χ3n) is 14.0. The number of para-hydroxylation sites is 1. The topological polar surface area (TPSA) is 3.24 Å². The molecular formula is C48H49NS. The van der Waals surface area contributed by atoms with Crippen molar-refractivity contribution in [2.24, 2.45) is 23.7 Å². The molecule has 4 saturated carbocycles. The van der Waals surface area contributed by atoms with Crippen LogP contribution in [0.2, 0.25) is 0 Å². The number of benzene rings is 5. The van der Waals surface area contributed by atoms with E-state index in [1.165, 1.54) is 94.1 Å². The molecule has 0 saturated heterocycles. The minimum absolute atomic E-state index is 0.160. The zero-order valence-electron chi connectivity index (χ0n) is 30.1. The summed E-state index contributed by atoms with van der Waals surface area (Å²) in [4.78, 5) is 5.44. The van der Waals surface area contributed by atoms with Gasteiger partial charge >= 0.3 is 0 Å². The van der Waals surface area contributed by atoms with Gasteiger partial charge in [-0.2, -0.15) is 0 Å². The second kappa shape index (κ2) is 11.1. The Morgan fingerprint density at radius 1 is 0.480 bits per heavy atom. The van der Waals surface area contributed by atoms with Crippen LogP contribution in [0.3, 0.4) is 0 Å². The second-order valence-electron chi connectivity index (χ2n) is 17.7. The van der Waals surface area contributed by atoms with E-state index in [1.807, 2.05) is 11.8 Å². The van der Waals surface area contributed by atoms with Crippen molar-refractivity contribution in [1.29, 1.82) is 0 Å². The highest BCUT2D eigenvalue weighted by molar-refractivity contribution is 7.99. The summed E-state index contributed by atoms with van der Waals surface area (Å²) < 4.78 is 0. The Balaban J connectivity index is 1.06. The fraction of sp³-hybridized carbons (Fsp3) is 0.375. The maximum atomic E-state index is 2.62. The van der Waals surface area contributed by atoms with Gasteiger partial charge < -0.3 is 4.90 Å². The molecular weight excluding hydrogens is 623 g/mol. The summed E-state index contributed by atoms with van der Waals surface area (Å²) in [7, 11) is 0. The second-order valence-corrected chi connectivity index (χ2v) is 18.8. The first-order chi connectivity index (χ1) is 24.2. The summed E-state index contributed by atoms with van der Waals surface area (Å²) in [5, 5.41) is 0. The van der Waals surface area contributed by atoms with Gasteiger partial charge in [-0.15, -0.1) is 0 Å². The monoisotopic (exact) mass is 671 g/mol. The number of rotatable bonds is 4. The Hall–Kier alpha value is -3.75. The summed E-state index contributed by atoms with van der Waals surface area (Å²) in [6.45, 7) is 9.68. The lowest BCUT2D eigenvalue weighted by Crippen LogP contribution is -2.57. The zero-order chi connectivity index (χ0) is 33.8. The van der Waals surface area contributed by atoms with E-state index in [0.717, 1.165) is 23.7 Å². The molecule has 0 amide bonds. The molecule has 4 fully saturated rings. The van der Waals surface area contributed by atoms with Crippen LogP contribution < -0.4 is 4.90 Å². The standard InChI is InChI=1S/C48H49NS/c1-46(2)22-23-47(3,4)42-30-39(19-20-40(42)46)49(37-10-6-5-7-11-37)38-17-14-33(15-18-38)34-16-21-45-43(29-34)48(41-12-8-9-13-44(41)50-45)35-25-31-24-32(27-35)28-36(48)26-31/h5-21,29-32,35-36H,22-28H2,1-4H3. The number of hydrogen-bond acceptors (Lipinski definition) is 2.